The number of benzene rings is 1. The van der Waals surface area contributed by atoms with Crippen molar-refractivity contribution in [2.24, 2.45) is 5.41 Å². The number of ether oxygens (including phenoxy) is 1. The zero-order chi connectivity index (χ0) is 29.8. The van der Waals surface area contributed by atoms with E-state index in [1.165, 1.54) is 6.20 Å². The highest BCUT2D eigenvalue weighted by molar-refractivity contribution is 6.32. The molecule has 2 aliphatic carbocycles. The average molecular weight is 613 g/mol. The highest BCUT2D eigenvalue weighted by Gasteiger charge is 2.77. The predicted molar refractivity (Wildman–Crippen MR) is 144 cm³/mol. The van der Waals surface area contributed by atoms with Gasteiger partial charge in [-0.15, -0.1) is 0 Å². The molecule has 2 aliphatic heterocycles. The molecule has 7 rings (SSSR count). The van der Waals surface area contributed by atoms with Crippen molar-refractivity contribution >= 4 is 34.0 Å². The molecule has 4 fully saturated rings. The minimum Gasteiger partial charge on any atom is -0.461 e. The maximum Gasteiger partial charge on any atom is 0.418 e. The van der Waals surface area contributed by atoms with Crippen molar-refractivity contribution in [1.82, 2.24) is 19.9 Å². The van der Waals surface area contributed by atoms with Gasteiger partial charge in [-0.2, -0.15) is 23.1 Å². The van der Waals surface area contributed by atoms with E-state index < -0.39 is 50.7 Å². The molecule has 3 aromatic rings. The molecule has 224 valence electrons. The lowest BCUT2D eigenvalue weighted by Crippen LogP contribution is -2.43. The Kier molecular flexibility index (Phi) is 5.93. The van der Waals surface area contributed by atoms with Crippen molar-refractivity contribution in [1.29, 1.82) is 0 Å². The first-order valence-electron chi connectivity index (χ1n) is 13.8. The summed E-state index contributed by atoms with van der Waals surface area (Å²) in [4.78, 5) is 16.8. The second-order valence-electron chi connectivity index (χ2n) is 12.2. The van der Waals surface area contributed by atoms with Crippen LogP contribution >= 0.6 is 11.6 Å². The van der Waals surface area contributed by atoms with Gasteiger partial charge >= 0.3 is 12.2 Å². The monoisotopic (exact) mass is 612 g/mol. The third-order valence-electron chi connectivity index (χ3n) is 9.31. The van der Waals surface area contributed by atoms with E-state index in [2.05, 4.69) is 19.9 Å². The molecule has 2 N–H and O–H groups in total. The Labute approximate surface area is 242 Å². The van der Waals surface area contributed by atoms with Crippen LogP contribution in [-0.2, 0) is 6.18 Å². The second kappa shape index (κ2) is 8.98. The third-order valence-corrected chi connectivity index (χ3v) is 9.60. The molecule has 0 amide bonds. The summed E-state index contributed by atoms with van der Waals surface area (Å²) in [6, 6.07) is 1.87. The van der Waals surface area contributed by atoms with Crippen LogP contribution in [0.1, 0.15) is 44.1 Å². The zero-order valence-electron chi connectivity index (χ0n) is 22.5. The summed E-state index contributed by atoms with van der Waals surface area (Å²) >= 11 is 5.91. The van der Waals surface area contributed by atoms with Crippen LogP contribution in [0.15, 0.2) is 18.3 Å². The van der Waals surface area contributed by atoms with Gasteiger partial charge in [-0.3, -0.25) is 9.88 Å². The molecular weight excluding hydrogens is 586 g/mol. The van der Waals surface area contributed by atoms with Gasteiger partial charge in [-0.25, -0.2) is 13.2 Å². The van der Waals surface area contributed by atoms with E-state index >= 15 is 4.39 Å². The summed E-state index contributed by atoms with van der Waals surface area (Å²) in [7, 11) is 1.78. The smallest absolute Gasteiger partial charge is 0.418 e. The topological polar surface area (TPSA) is 80.4 Å². The van der Waals surface area contributed by atoms with Gasteiger partial charge in [-0.05, 0) is 50.8 Å². The largest absolute Gasteiger partial charge is 0.461 e. The summed E-state index contributed by atoms with van der Waals surface area (Å²) in [5.74, 6) is -3.50. The number of anilines is 2. The molecule has 7 nitrogen and oxygen atoms in total. The molecule has 4 heterocycles. The Morgan fingerprint density at radius 2 is 1.93 bits per heavy atom. The van der Waals surface area contributed by atoms with Gasteiger partial charge in [0.25, 0.3) is 5.92 Å². The standard InChI is InChI=1S/C28H27ClF6N6O/c1-40(15-3-4-15)23-17-9-37-21(16-7-14(36)8-18(29)19(16)28(33,34)35)20(30)22(17)38-24(39-23)42-13-26-5-2-6-41(26)12-25(10-26)11-27(25,31)32/h7-9,15H,2-6,10-13,36H2,1H3/t25-,26-/m0/s1. The highest BCUT2D eigenvalue weighted by atomic mass is 35.5. The van der Waals surface area contributed by atoms with Crippen molar-refractivity contribution in [3.05, 3.63) is 34.7 Å². The maximum absolute atomic E-state index is 16.2. The molecule has 0 bridgehead atoms. The normalized spacial score (nSPS) is 26.7. The van der Waals surface area contributed by atoms with Crippen LogP contribution < -0.4 is 15.4 Å². The van der Waals surface area contributed by atoms with Crippen LogP contribution in [0.4, 0.5) is 37.8 Å². The first-order valence-corrected chi connectivity index (χ1v) is 14.1. The molecule has 0 unspecified atom stereocenters. The van der Waals surface area contributed by atoms with Crippen molar-refractivity contribution < 1.29 is 31.1 Å². The zero-order valence-corrected chi connectivity index (χ0v) is 23.3. The summed E-state index contributed by atoms with van der Waals surface area (Å²) in [6.07, 6.45) is -0.252. The quantitative estimate of drug-likeness (QED) is 0.258. The summed E-state index contributed by atoms with van der Waals surface area (Å²) in [6.45, 7) is 1.01. The number of hydrogen-bond acceptors (Lipinski definition) is 7. The number of alkyl halides is 5. The molecule has 4 aliphatic rings. The number of aromatic nitrogens is 3. The highest BCUT2D eigenvalue weighted by Crippen LogP contribution is 2.69. The SMILES string of the molecule is CN(c1nc(OC[C@@]23CCCN2C[C@@]2(CC2(F)F)C3)nc2c(F)c(-c3cc(N)cc(Cl)c3C(F)(F)F)ncc12)C1CC1. The second-order valence-corrected chi connectivity index (χ2v) is 12.6. The molecule has 2 atom stereocenters. The van der Waals surface area contributed by atoms with Crippen molar-refractivity contribution in [2.75, 3.05) is 37.4 Å². The van der Waals surface area contributed by atoms with Gasteiger partial charge in [0.2, 0.25) is 0 Å². The number of halogens is 7. The Hall–Kier alpha value is -3.06. The van der Waals surface area contributed by atoms with Crippen LogP contribution in [0.3, 0.4) is 0 Å². The average Bonchev–Trinajstić information content (AvgIpc) is 3.74. The first-order chi connectivity index (χ1) is 19.7. The number of fused-ring (bicyclic) bond motifs is 2. The van der Waals surface area contributed by atoms with Gasteiger partial charge < -0.3 is 15.4 Å². The summed E-state index contributed by atoms with van der Waals surface area (Å²) in [5, 5.41) is -0.490. The van der Waals surface area contributed by atoms with E-state index in [1.807, 2.05) is 4.90 Å². The minimum absolute atomic E-state index is 0.0333. The van der Waals surface area contributed by atoms with E-state index in [1.54, 1.807) is 7.05 Å². The Bertz CT molecular complexity index is 1620. The fraction of sp³-hybridized carbons (Fsp3) is 0.536. The maximum atomic E-state index is 16.2. The Morgan fingerprint density at radius 1 is 1.19 bits per heavy atom. The lowest BCUT2D eigenvalue weighted by molar-refractivity contribution is -0.137. The minimum atomic E-state index is -4.91. The lowest BCUT2D eigenvalue weighted by atomic mass is 9.89. The van der Waals surface area contributed by atoms with Crippen molar-refractivity contribution in [2.45, 2.75) is 62.2 Å². The number of hydrogen-bond donors (Lipinski definition) is 1. The number of nitrogens with zero attached hydrogens (tertiary/aromatic N) is 5. The fourth-order valence-electron chi connectivity index (χ4n) is 6.93. The van der Waals surface area contributed by atoms with E-state index in [0.29, 0.717) is 25.3 Å². The van der Waals surface area contributed by atoms with Gasteiger partial charge in [0.15, 0.2) is 5.82 Å². The number of nitrogen functional groups attached to an aromatic ring is 1. The lowest BCUT2D eigenvalue weighted by Gasteiger charge is -2.31. The molecule has 0 radical (unpaired) electrons. The van der Waals surface area contributed by atoms with Crippen molar-refractivity contribution in [3.63, 3.8) is 0 Å². The van der Waals surface area contributed by atoms with Gasteiger partial charge in [0, 0.05) is 43.5 Å². The molecule has 1 aromatic carbocycles. The van der Waals surface area contributed by atoms with Gasteiger partial charge in [0.05, 0.1) is 26.9 Å². The van der Waals surface area contributed by atoms with Crippen LogP contribution in [-0.4, -0.2) is 64.1 Å². The van der Waals surface area contributed by atoms with Crippen LogP contribution in [0.5, 0.6) is 6.01 Å². The van der Waals surface area contributed by atoms with Crippen molar-refractivity contribution in [3.8, 4) is 17.3 Å². The predicted octanol–water partition coefficient (Wildman–Crippen LogP) is 6.33. The van der Waals surface area contributed by atoms with Crippen LogP contribution in [0.25, 0.3) is 22.2 Å². The van der Waals surface area contributed by atoms with Crippen LogP contribution in [0, 0.1) is 11.2 Å². The Balaban J connectivity index is 1.31. The summed E-state index contributed by atoms with van der Waals surface area (Å²) < 4.78 is 92.8. The molecule has 2 saturated heterocycles. The third kappa shape index (κ3) is 4.25. The van der Waals surface area contributed by atoms with Gasteiger partial charge in [0.1, 0.15) is 23.6 Å². The first kappa shape index (κ1) is 27.8. The fourth-order valence-corrected chi connectivity index (χ4v) is 7.27. The Morgan fingerprint density at radius 3 is 2.60 bits per heavy atom. The molecule has 2 aromatic heterocycles. The van der Waals surface area contributed by atoms with E-state index in [9.17, 15) is 22.0 Å². The molecular formula is C28H27ClF6N6O. The molecule has 2 saturated carbocycles. The molecule has 14 heteroatoms. The van der Waals surface area contributed by atoms with E-state index in [-0.39, 0.29) is 48.1 Å². The molecule has 42 heavy (non-hydrogen) atoms. The number of rotatable bonds is 6. The molecule has 1 spiro atoms. The van der Waals surface area contributed by atoms with E-state index in [0.717, 1.165) is 31.4 Å². The summed E-state index contributed by atoms with van der Waals surface area (Å²) in [5.41, 5.74) is 1.24. The number of nitrogens with two attached hydrogens (primary N) is 1. The van der Waals surface area contributed by atoms with Gasteiger partial charge in [-0.1, -0.05) is 11.6 Å². The van der Waals surface area contributed by atoms with E-state index in [4.69, 9.17) is 22.1 Å². The van der Waals surface area contributed by atoms with Crippen LogP contribution in [0.2, 0.25) is 5.02 Å². The number of pyridine rings is 1.